The molecule has 202 valence electrons. The Kier molecular flexibility index (Phi) is 8.49. The third kappa shape index (κ3) is 6.44. The van der Waals surface area contributed by atoms with Gasteiger partial charge >= 0.3 is 6.09 Å². The van der Waals surface area contributed by atoms with Gasteiger partial charge in [-0.2, -0.15) is 0 Å². The molecule has 2 heterocycles. The number of furan rings is 1. The normalized spacial score (nSPS) is 13.9. The van der Waals surface area contributed by atoms with Crippen molar-refractivity contribution in [3.8, 4) is 11.3 Å². The first-order valence-electron chi connectivity index (χ1n) is 13.3. The molecule has 5 rings (SSSR count). The van der Waals surface area contributed by atoms with Gasteiger partial charge in [0.2, 0.25) is 0 Å². The topological polar surface area (TPSA) is 75.0 Å². The molecule has 1 N–H and O–H groups in total. The number of ether oxygens (including phenoxy) is 1. The molecule has 0 unspecified atom stereocenters. The number of piperazine rings is 1. The minimum absolute atomic E-state index is 0.212. The maximum atomic E-state index is 12.9. The van der Waals surface area contributed by atoms with E-state index in [0.717, 1.165) is 54.6 Å². The molecular formula is C31H32ClN3O4. The Morgan fingerprint density at radius 1 is 0.974 bits per heavy atom. The number of carbonyl (C=O) groups excluding carboxylic acids is 2. The fourth-order valence-electron chi connectivity index (χ4n) is 4.69. The van der Waals surface area contributed by atoms with Crippen molar-refractivity contribution in [1.29, 1.82) is 0 Å². The monoisotopic (exact) mass is 545 g/mol. The first kappa shape index (κ1) is 26.8. The van der Waals surface area contributed by atoms with Crippen LogP contribution in [0.3, 0.4) is 0 Å². The van der Waals surface area contributed by atoms with E-state index < -0.39 is 0 Å². The van der Waals surface area contributed by atoms with E-state index in [9.17, 15) is 9.59 Å². The molecular weight excluding hydrogens is 514 g/mol. The van der Waals surface area contributed by atoms with Crippen molar-refractivity contribution in [2.24, 2.45) is 0 Å². The van der Waals surface area contributed by atoms with Crippen molar-refractivity contribution in [2.75, 3.05) is 38.1 Å². The second kappa shape index (κ2) is 12.4. The largest absolute Gasteiger partial charge is 0.456 e. The molecule has 3 aromatic carbocycles. The fraction of sp³-hybridized carbons (Fsp3) is 0.290. The second-order valence-electron chi connectivity index (χ2n) is 9.69. The highest BCUT2D eigenvalue weighted by Crippen LogP contribution is 2.34. The van der Waals surface area contributed by atoms with Crippen molar-refractivity contribution in [3.05, 3.63) is 88.9 Å². The van der Waals surface area contributed by atoms with E-state index in [4.69, 9.17) is 20.8 Å². The number of carbonyl (C=O) groups is 2. The SMILES string of the molecule is CCCCOC(=O)N1CCN(Cc2ccc3cc(-c4ccccc4NC(=O)c4ccccc4Cl)oc3c2)CC1. The standard InChI is InChI=1S/C31H32ClN3O4/c1-2-3-18-38-31(37)35-16-14-34(15-17-35)21-22-12-13-23-20-29(39-28(23)19-22)25-9-5-7-11-27(25)33-30(36)24-8-4-6-10-26(24)32/h4-13,19-20H,2-3,14-18,21H2,1H3,(H,33,36). The summed E-state index contributed by atoms with van der Waals surface area (Å²) in [6.07, 6.45) is 1.69. The zero-order valence-electron chi connectivity index (χ0n) is 22.0. The molecule has 1 saturated heterocycles. The molecule has 1 fully saturated rings. The predicted molar refractivity (Wildman–Crippen MR) is 154 cm³/mol. The Hall–Kier alpha value is -3.81. The van der Waals surface area contributed by atoms with Crippen LogP contribution in [0.1, 0.15) is 35.7 Å². The smallest absolute Gasteiger partial charge is 0.409 e. The van der Waals surface area contributed by atoms with Gasteiger partial charge in [-0.25, -0.2) is 4.79 Å². The summed E-state index contributed by atoms with van der Waals surface area (Å²) >= 11 is 6.22. The lowest BCUT2D eigenvalue weighted by atomic mass is 10.1. The van der Waals surface area contributed by atoms with Crippen LogP contribution in [-0.4, -0.2) is 54.6 Å². The molecule has 0 saturated carbocycles. The lowest BCUT2D eigenvalue weighted by Gasteiger charge is -2.34. The third-order valence-electron chi connectivity index (χ3n) is 6.90. The van der Waals surface area contributed by atoms with E-state index in [-0.39, 0.29) is 12.0 Å². The van der Waals surface area contributed by atoms with Crippen LogP contribution in [-0.2, 0) is 11.3 Å². The van der Waals surface area contributed by atoms with Gasteiger partial charge in [0.1, 0.15) is 11.3 Å². The summed E-state index contributed by atoms with van der Waals surface area (Å²) in [4.78, 5) is 29.2. The molecule has 4 aromatic rings. The fourth-order valence-corrected chi connectivity index (χ4v) is 4.91. The molecule has 2 amide bonds. The molecule has 0 spiro atoms. The van der Waals surface area contributed by atoms with Crippen molar-refractivity contribution < 1.29 is 18.7 Å². The van der Waals surface area contributed by atoms with E-state index in [1.165, 1.54) is 0 Å². The average Bonchev–Trinajstić information content (AvgIpc) is 3.37. The molecule has 1 aliphatic rings. The van der Waals surface area contributed by atoms with Gasteiger partial charge in [0.25, 0.3) is 5.91 Å². The average molecular weight is 546 g/mol. The Bertz CT molecular complexity index is 1460. The highest BCUT2D eigenvalue weighted by Gasteiger charge is 2.22. The molecule has 0 aliphatic carbocycles. The summed E-state index contributed by atoms with van der Waals surface area (Å²) < 4.78 is 11.6. The number of unbranched alkanes of at least 4 members (excludes halogenated alkanes) is 1. The molecule has 0 radical (unpaired) electrons. The van der Waals surface area contributed by atoms with Crippen molar-refractivity contribution in [1.82, 2.24) is 9.80 Å². The van der Waals surface area contributed by atoms with Crippen LogP contribution in [0.5, 0.6) is 0 Å². The molecule has 8 heteroatoms. The number of benzene rings is 3. The summed E-state index contributed by atoms with van der Waals surface area (Å²) in [5.41, 5.74) is 3.78. The molecule has 1 aromatic heterocycles. The van der Waals surface area contributed by atoms with Crippen molar-refractivity contribution in [3.63, 3.8) is 0 Å². The zero-order valence-corrected chi connectivity index (χ0v) is 22.7. The van der Waals surface area contributed by atoms with E-state index >= 15 is 0 Å². The molecule has 39 heavy (non-hydrogen) atoms. The maximum Gasteiger partial charge on any atom is 0.409 e. The van der Waals surface area contributed by atoms with E-state index in [1.807, 2.05) is 30.3 Å². The number of fused-ring (bicyclic) bond motifs is 1. The number of hydrogen-bond donors (Lipinski definition) is 1. The summed E-state index contributed by atoms with van der Waals surface area (Å²) in [5, 5.41) is 4.36. The van der Waals surface area contributed by atoms with Crippen molar-refractivity contribution in [2.45, 2.75) is 26.3 Å². The van der Waals surface area contributed by atoms with E-state index in [0.29, 0.717) is 41.7 Å². The summed E-state index contributed by atoms with van der Waals surface area (Å²) in [5.74, 6) is 0.396. The summed E-state index contributed by atoms with van der Waals surface area (Å²) in [7, 11) is 0. The Morgan fingerprint density at radius 3 is 2.54 bits per heavy atom. The third-order valence-corrected chi connectivity index (χ3v) is 7.23. The number of rotatable bonds is 8. The number of hydrogen-bond acceptors (Lipinski definition) is 5. The minimum Gasteiger partial charge on any atom is -0.456 e. The number of para-hydroxylation sites is 1. The number of nitrogens with zero attached hydrogens (tertiary/aromatic N) is 2. The number of halogens is 1. The highest BCUT2D eigenvalue weighted by atomic mass is 35.5. The second-order valence-corrected chi connectivity index (χ2v) is 10.1. The first-order chi connectivity index (χ1) is 19.0. The Balaban J connectivity index is 1.25. The Labute approximate surface area is 233 Å². The number of anilines is 1. The van der Waals surface area contributed by atoms with Gasteiger partial charge in [-0.3, -0.25) is 9.69 Å². The zero-order chi connectivity index (χ0) is 27.2. The van der Waals surface area contributed by atoms with Gasteiger partial charge < -0.3 is 19.4 Å². The van der Waals surface area contributed by atoms with Crippen LogP contribution in [0.2, 0.25) is 5.02 Å². The lowest BCUT2D eigenvalue weighted by molar-refractivity contribution is 0.0737. The minimum atomic E-state index is -0.277. The van der Waals surface area contributed by atoms with Gasteiger partial charge in [0.05, 0.1) is 22.9 Å². The molecule has 7 nitrogen and oxygen atoms in total. The van der Waals surface area contributed by atoms with Crippen LogP contribution in [0.15, 0.2) is 77.2 Å². The predicted octanol–water partition coefficient (Wildman–Crippen LogP) is 7.06. The van der Waals surface area contributed by atoms with Gasteiger partial charge in [-0.1, -0.05) is 61.3 Å². The van der Waals surface area contributed by atoms with Crippen LogP contribution in [0.4, 0.5) is 10.5 Å². The number of amides is 2. The van der Waals surface area contributed by atoms with Gasteiger partial charge in [-0.15, -0.1) is 0 Å². The van der Waals surface area contributed by atoms with E-state index in [1.54, 1.807) is 29.2 Å². The lowest BCUT2D eigenvalue weighted by Crippen LogP contribution is -2.48. The first-order valence-corrected chi connectivity index (χ1v) is 13.7. The molecule has 0 bridgehead atoms. The summed E-state index contributed by atoms with van der Waals surface area (Å²) in [6, 6.07) is 22.8. The van der Waals surface area contributed by atoms with Crippen LogP contribution in [0, 0.1) is 0 Å². The van der Waals surface area contributed by atoms with Gasteiger partial charge in [0, 0.05) is 43.7 Å². The summed E-state index contributed by atoms with van der Waals surface area (Å²) in [6.45, 7) is 6.25. The van der Waals surface area contributed by atoms with Crippen LogP contribution >= 0.6 is 11.6 Å². The van der Waals surface area contributed by atoms with Crippen LogP contribution in [0.25, 0.3) is 22.3 Å². The number of nitrogens with one attached hydrogen (secondary N) is 1. The Morgan fingerprint density at radius 2 is 1.74 bits per heavy atom. The van der Waals surface area contributed by atoms with E-state index in [2.05, 4.69) is 35.3 Å². The molecule has 1 aliphatic heterocycles. The molecule has 0 atom stereocenters. The maximum absolute atomic E-state index is 12.9. The highest BCUT2D eigenvalue weighted by molar-refractivity contribution is 6.34. The quantitative estimate of drug-likeness (QED) is 0.240. The van der Waals surface area contributed by atoms with Crippen molar-refractivity contribution >= 4 is 40.3 Å². The van der Waals surface area contributed by atoms with Gasteiger partial charge in [-0.05, 0) is 48.4 Å². The van der Waals surface area contributed by atoms with Gasteiger partial charge in [0.15, 0.2) is 0 Å². The van der Waals surface area contributed by atoms with Crippen LogP contribution < -0.4 is 5.32 Å².